The van der Waals surface area contributed by atoms with E-state index < -0.39 is 42.1 Å². The van der Waals surface area contributed by atoms with Crippen LogP contribution in [0.25, 0.3) is 10.9 Å². The number of imidazole rings is 1. The van der Waals surface area contributed by atoms with Crippen LogP contribution in [0.15, 0.2) is 79.4 Å². The van der Waals surface area contributed by atoms with Gasteiger partial charge in [0.1, 0.15) is 18.7 Å². The fraction of sp³-hybridized carbons (Fsp3) is 0.436. The molecule has 4 rings (SSSR count). The number of aromatic amines is 1. The van der Waals surface area contributed by atoms with E-state index in [2.05, 4.69) is 36.2 Å². The maximum absolute atomic E-state index is 14.1. The summed E-state index contributed by atoms with van der Waals surface area (Å²) in [5, 5.41) is 23.2. The number of hydrogen-bond donors (Lipinski definition) is 6. The van der Waals surface area contributed by atoms with Gasteiger partial charge in [0.25, 0.3) is 0 Å². The van der Waals surface area contributed by atoms with Crippen molar-refractivity contribution in [3.05, 3.63) is 96.2 Å². The SMILES string of the molecule is CCC(C)CNC(=O)CC(O)C(CC(C)C)NC(=O)[C@H](Cc1c[nH]cn1)NC(=O)[C@H](Cc1ccnc2ccccc12)NC(=O)OCc1ccccc1. The lowest BCUT2D eigenvalue weighted by Crippen LogP contribution is -2.57. The summed E-state index contributed by atoms with van der Waals surface area (Å²) < 4.78 is 5.46. The number of nitrogens with zero attached hydrogens (tertiary/aromatic N) is 2. The summed E-state index contributed by atoms with van der Waals surface area (Å²) in [4.78, 5) is 65.4. The van der Waals surface area contributed by atoms with Gasteiger partial charge in [0.2, 0.25) is 17.7 Å². The number of ether oxygens (including phenoxy) is 1. The number of hydrogen-bond acceptors (Lipinski definition) is 8. The smallest absolute Gasteiger partial charge is 0.408 e. The second-order valence-electron chi connectivity index (χ2n) is 13.6. The fourth-order valence-electron chi connectivity index (χ4n) is 5.70. The molecule has 0 aliphatic carbocycles. The van der Waals surface area contributed by atoms with E-state index in [4.69, 9.17) is 4.74 Å². The summed E-state index contributed by atoms with van der Waals surface area (Å²) in [6, 6.07) is 15.4. The molecule has 5 atom stereocenters. The molecule has 0 saturated heterocycles. The summed E-state index contributed by atoms with van der Waals surface area (Å²) >= 11 is 0. The lowest BCUT2D eigenvalue weighted by molar-refractivity contribution is -0.131. The normalized spacial score (nSPS) is 14.1. The molecule has 4 amide bonds. The van der Waals surface area contributed by atoms with Crippen molar-refractivity contribution in [2.24, 2.45) is 11.8 Å². The molecule has 3 unspecified atom stereocenters. The van der Waals surface area contributed by atoms with Gasteiger partial charge in [0.05, 0.1) is 36.1 Å². The Morgan fingerprint density at radius 1 is 0.865 bits per heavy atom. The Morgan fingerprint density at radius 2 is 1.58 bits per heavy atom. The van der Waals surface area contributed by atoms with Gasteiger partial charge in [-0.25, -0.2) is 9.78 Å². The second kappa shape index (κ2) is 19.9. The molecule has 4 aromatic rings. The molecule has 13 heteroatoms. The number of carbonyl (C=O) groups is 4. The van der Waals surface area contributed by atoms with Crippen molar-refractivity contribution < 1.29 is 29.0 Å². The largest absolute Gasteiger partial charge is 0.445 e. The highest BCUT2D eigenvalue weighted by molar-refractivity contribution is 5.92. The van der Waals surface area contributed by atoms with E-state index >= 15 is 0 Å². The molecule has 0 bridgehead atoms. The number of H-pyrrole nitrogens is 1. The van der Waals surface area contributed by atoms with Gasteiger partial charge in [-0.15, -0.1) is 0 Å². The number of aliphatic hydroxyl groups excluding tert-OH is 1. The Morgan fingerprint density at radius 3 is 2.29 bits per heavy atom. The minimum atomic E-state index is -1.17. The maximum Gasteiger partial charge on any atom is 0.408 e. The van der Waals surface area contributed by atoms with Gasteiger partial charge in [0, 0.05) is 37.2 Å². The molecule has 2 aromatic carbocycles. The molecule has 0 aliphatic heterocycles. The number of para-hydroxylation sites is 1. The standard InChI is InChI=1S/C39H51N7O6/c1-5-26(4)21-42-36(48)20-35(47)32(17-25(2)3)44-38(50)34(19-29-22-40-24-43-29)45-37(49)33(46-39(51)52-23-27-11-7-6-8-12-27)18-28-15-16-41-31-14-10-9-13-30(28)31/h6-16,22,24-26,32-35,47H,5,17-21,23H2,1-4H3,(H,40,43)(H,42,48)(H,44,50)(H,45,49)(H,46,51)/t26?,32?,33-,34-,35?/m0/s1. The number of alkyl carbamates (subject to hydrolysis) is 1. The number of aromatic nitrogens is 3. The maximum atomic E-state index is 14.1. The van der Waals surface area contributed by atoms with Crippen LogP contribution in [0.5, 0.6) is 0 Å². The van der Waals surface area contributed by atoms with E-state index in [0.29, 0.717) is 24.6 Å². The molecular formula is C39H51N7O6. The predicted octanol–water partition coefficient (Wildman–Crippen LogP) is 3.97. The summed E-state index contributed by atoms with van der Waals surface area (Å²) in [6.45, 7) is 8.46. The van der Waals surface area contributed by atoms with E-state index in [1.54, 1.807) is 18.5 Å². The van der Waals surface area contributed by atoms with Gasteiger partial charge in [-0.1, -0.05) is 82.6 Å². The molecule has 0 saturated carbocycles. The number of fused-ring (bicyclic) bond motifs is 1. The van der Waals surface area contributed by atoms with E-state index in [1.165, 1.54) is 6.33 Å². The van der Waals surface area contributed by atoms with E-state index in [9.17, 15) is 24.3 Å². The van der Waals surface area contributed by atoms with Crippen LogP contribution in [0.3, 0.4) is 0 Å². The fourth-order valence-corrected chi connectivity index (χ4v) is 5.70. The van der Waals surface area contributed by atoms with Crippen molar-refractivity contribution in [1.29, 1.82) is 0 Å². The highest BCUT2D eigenvalue weighted by Gasteiger charge is 2.32. The lowest BCUT2D eigenvalue weighted by Gasteiger charge is -2.29. The quantitative estimate of drug-likeness (QED) is 0.0843. The van der Waals surface area contributed by atoms with Crippen LogP contribution in [-0.4, -0.2) is 74.6 Å². The monoisotopic (exact) mass is 713 g/mol. The zero-order chi connectivity index (χ0) is 37.5. The number of pyridine rings is 1. The summed E-state index contributed by atoms with van der Waals surface area (Å²) in [6.07, 6.45) is 3.95. The Hall–Kier alpha value is -5.30. The van der Waals surface area contributed by atoms with Crippen LogP contribution in [0, 0.1) is 11.8 Å². The average Bonchev–Trinajstić information content (AvgIpc) is 3.65. The zero-order valence-corrected chi connectivity index (χ0v) is 30.3. The van der Waals surface area contributed by atoms with E-state index in [0.717, 1.165) is 28.5 Å². The first kappa shape index (κ1) is 39.5. The first-order chi connectivity index (χ1) is 25.0. The molecule has 6 N–H and O–H groups in total. The number of nitrogens with one attached hydrogen (secondary N) is 5. The van der Waals surface area contributed by atoms with Crippen molar-refractivity contribution in [2.45, 2.75) is 90.6 Å². The minimum absolute atomic E-state index is 0.00138. The average molecular weight is 714 g/mol. The molecule has 0 spiro atoms. The molecule has 0 aliphatic rings. The number of benzene rings is 2. The van der Waals surface area contributed by atoms with Gasteiger partial charge >= 0.3 is 6.09 Å². The number of aliphatic hydroxyl groups is 1. The Kier molecular flexibility index (Phi) is 15.1. The molecule has 13 nitrogen and oxygen atoms in total. The molecule has 278 valence electrons. The van der Waals surface area contributed by atoms with Crippen molar-refractivity contribution >= 4 is 34.7 Å². The van der Waals surface area contributed by atoms with Crippen molar-refractivity contribution in [3.8, 4) is 0 Å². The molecule has 2 aromatic heterocycles. The molecule has 0 radical (unpaired) electrons. The summed E-state index contributed by atoms with van der Waals surface area (Å²) in [7, 11) is 0. The first-order valence-electron chi connectivity index (χ1n) is 17.8. The third-order valence-corrected chi connectivity index (χ3v) is 8.84. The highest BCUT2D eigenvalue weighted by Crippen LogP contribution is 2.19. The Balaban J connectivity index is 1.54. The molecule has 52 heavy (non-hydrogen) atoms. The van der Waals surface area contributed by atoms with Gasteiger partial charge in [0.15, 0.2) is 0 Å². The van der Waals surface area contributed by atoms with Gasteiger partial charge < -0.3 is 36.1 Å². The van der Waals surface area contributed by atoms with E-state index in [1.807, 2.05) is 82.3 Å². The highest BCUT2D eigenvalue weighted by atomic mass is 16.5. The van der Waals surface area contributed by atoms with E-state index in [-0.39, 0.29) is 37.7 Å². The molecular weight excluding hydrogens is 662 g/mol. The van der Waals surface area contributed by atoms with Gasteiger partial charge in [-0.05, 0) is 41.5 Å². The minimum Gasteiger partial charge on any atom is -0.445 e. The topological polar surface area (TPSA) is 187 Å². The van der Waals surface area contributed by atoms with Crippen LogP contribution >= 0.6 is 0 Å². The van der Waals surface area contributed by atoms with Crippen molar-refractivity contribution in [2.75, 3.05) is 6.54 Å². The molecule has 0 fully saturated rings. The van der Waals surface area contributed by atoms with Crippen LogP contribution in [0.1, 0.15) is 63.8 Å². The van der Waals surface area contributed by atoms with Crippen molar-refractivity contribution in [3.63, 3.8) is 0 Å². The third-order valence-electron chi connectivity index (χ3n) is 8.84. The number of carbonyl (C=O) groups excluding carboxylic acids is 4. The first-order valence-corrected chi connectivity index (χ1v) is 17.8. The Bertz CT molecular complexity index is 1730. The van der Waals surface area contributed by atoms with Crippen LogP contribution in [0.2, 0.25) is 0 Å². The van der Waals surface area contributed by atoms with Crippen molar-refractivity contribution in [1.82, 2.24) is 36.2 Å². The number of rotatable bonds is 19. The summed E-state index contributed by atoms with van der Waals surface area (Å²) in [5.74, 6) is -1.14. The number of amides is 4. The van der Waals surface area contributed by atoms with Crippen LogP contribution < -0.4 is 21.3 Å². The Labute approximate surface area is 304 Å². The third kappa shape index (κ3) is 12.5. The second-order valence-corrected chi connectivity index (χ2v) is 13.6. The van der Waals surface area contributed by atoms with Crippen LogP contribution in [-0.2, 0) is 38.6 Å². The molecule has 2 heterocycles. The summed E-state index contributed by atoms with van der Waals surface area (Å²) in [5.41, 5.74) is 2.78. The lowest BCUT2D eigenvalue weighted by atomic mass is 9.96. The van der Waals surface area contributed by atoms with Crippen LogP contribution in [0.4, 0.5) is 4.79 Å². The van der Waals surface area contributed by atoms with Gasteiger partial charge in [-0.2, -0.15) is 0 Å². The zero-order valence-electron chi connectivity index (χ0n) is 30.3. The predicted molar refractivity (Wildman–Crippen MR) is 198 cm³/mol. The van der Waals surface area contributed by atoms with Gasteiger partial charge in [-0.3, -0.25) is 19.4 Å².